The number of fused-ring (bicyclic) bond motifs is 1. The minimum atomic E-state index is -4.45. The Morgan fingerprint density at radius 3 is 2.35 bits per heavy atom. The highest BCUT2D eigenvalue weighted by Gasteiger charge is 2.30. The van der Waals surface area contributed by atoms with E-state index in [1.807, 2.05) is 0 Å². The van der Waals surface area contributed by atoms with E-state index in [2.05, 4.69) is 5.32 Å². The Kier molecular flexibility index (Phi) is 7.51. The zero-order valence-electron chi connectivity index (χ0n) is 15.8. The molecule has 1 heterocycles. The Bertz CT molecular complexity index is 1140. The second-order valence-corrected chi connectivity index (χ2v) is 7.27. The van der Waals surface area contributed by atoms with Crippen molar-refractivity contribution in [2.24, 2.45) is 0 Å². The summed E-state index contributed by atoms with van der Waals surface area (Å²) < 4.78 is 39.4. The second kappa shape index (κ2) is 9.53. The summed E-state index contributed by atoms with van der Waals surface area (Å²) in [6, 6.07) is 8.51. The van der Waals surface area contributed by atoms with Gasteiger partial charge in [-0.2, -0.15) is 13.2 Å². The first-order valence-corrected chi connectivity index (χ1v) is 9.40. The van der Waals surface area contributed by atoms with Gasteiger partial charge in [-0.3, -0.25) is 9.59 Å². The van der Waals surface area contributed by atoms with Gasteiger partial charge in [0.2, 0.25) is 5.91 Å². The standard InChI is InChI=1S/C21H18ClF3N2O3.CH4/c1-12(11-28)27-9-8-15-16(20(27)30)6-7-17(22)19(15)26-18(29)10-13-2-4-14(5-3-13)21(23,24)25;/h2-9,12,28H,10-11H2,1H3,(H,26,29);1H4/t12-;/m1./s1. The molecule has 3 aromatic rings. The van der Waals surface area contributed by atoms with Gasteiger partial charge in [-0.05, 0) is 42.8 Å². The molecule has 1 atom stereocenters. The van der Waals surface area contributed by atoms with E-state index in [1.54, 1.807) is 13.0 Å². The molecule has 2 aromatic carbocycles. The van der Waals surface area contributed by atoms with Gasteiger partial charge in [0.25, 0.3) is 5.56 Å². The molecule has 0 aliphatic rings. The number of aliphatic hydroxyl groups is 1. The number of aliphatic hydroxyl groups excluding tert-OH is 1. The van der Waals surface area contributed by atoms with E-state index >= 15 is 0 Å². The summed E-state index contributed by atoms with van der Waals surface area (Å²) in [5.74, 6) is -0.489. The number of hydrogen-bond donors (Lipinski definition) is 2. The van der Waals surface area contributed by atoms with E-state index in [0.717, 1.165) is 12.1 Å². The van der Waals surface area contributed by atoms with E-state index in [0.29, 0.717) is 16.3 Å². The number of carbonyl (C=O) groups is 1. The van der Waals surface area contributed by atoms with Crippen molar-refractivity contribution in [3.05, 3.63) is 75.2 Å². The van der Waals surface area contributed by atoms with E-state index in [1.165, 1.54) is 35.0 Å². The van der Waals surface area contributed by atoms with E-state index < -0.39 is 23.7 Å². The van der Waals surface area contributed by atoms with E-state index in [9.17, 15) is 27.9 Å². The van der Waals surface area contributed by atoms with Crippen LogP contribution in [0.1, 0.15) is 31.5 Å². The van der Waals surface area contributed by atoms with Crippen molar-refractivity contribution in [3.8, 4) is 0 Å². The van der Waals surface area contributed by atoms with E-state index in [4.69, 9.17) is 11.6 Å². The van der Waals surface area contributed by atoms with Crippen LogP contribution in [-0.2, 0) is 17.4 Å². The molecular formula is C22H22ClF3N2O3. The summed E-state index contributed by atoms with van der Waals surface area (Å²) in [6.45, 7) is 1.48. The maximum atomic E-state index is 12.7. The topological polar surface area (TPSA) is 71.3 Å². The van der Waals surface area contributed by atoms with Gasteiger partial charge < -0.3 is 15.0 Å². The van der Waals surface area contributed by atoms with Crippen molar-refractivity contribution >= 4 is 34.0 Å². The summed E-state index contributed by atoms with van der Waals surface area (Å²) in [5.41, 5.74) is -0.496. The SMILES string of the molecule is C.C[C@H](CO)n1ccc2c(NC(=O)Cc3ccc(C(F)(F)F)cc3)c(Cl)ccc2c1=O. The lowest BCUT2D eigenvalue weighted by molar-refractivity contribution is -0.137. The lowest BCUT2D eigenvalue weighted by Crippen LogP contribution is -2.25. The maximum Gasteiger partial charge on any atom is 0.416 e. The number of anilines is 1. The monoisotopic (exact) mass is 454 g/mol. The zero-order chi connectivity index (χ0) is 22.1. The molecule has 3 rings (SSSR count). The van der Waals surface area contributed by atoms with Crippen LogP contribution in [0.25, 0.3) is 10.8 Å². The number of hydrogen-bond acceptors (Lipinski definition) is 3. The maximum absolute atomic E-state index is 12.7. The molecule has 2 N–H and O–H groups in total. The fourth-order valence-electron chi connectivity index (χ4n) is 3.06. The Labute approximate surface area is 182 Å². The molecule has 0 saturated carbocycles. The van der Waals surface area contributed by atoms with Gasteiger partial charge in [0.1, 0.15) is 0 Å². The van der Waals surface area contributed by atoms with Crippen LogP contribution in [0.15, 0.2) is 53.5 Å². The average molecular weight is 455 g/mol. The first-order chi connectivity index (χ1) is 14.1. The third kappa shape index (κ3) is 5.26. The number of halogens is 4. The van der Waals surface area contributed by atoms with Crippen LogP contribution in [0.4, 0.5) is 18.9 Å². The molecule has 0 fully saturated rings. The Morgan fingerprint density at radius 2 is 1.77 bits per heavy atom. The molecule has 31 heavy (non-hydrogen) atoms. The molecule has 9 heteroatoms. The predicted octanol–water partition coefficient (Wildman–Crippen LogP) is 5.04. The number of nitrogens with zero attached hydrogens (tertiary/aromatic N) is 1. The summed E-state index contributed by atoms with van der Waals surface area (Å²) in [4.78, 5) is 25.1. The van der Waals surface area contributed by atoms with Crippen LogP contribution in [0.3, 0.4) is 0 Å². The summed E-state index contributed by atoms with van der Waals surface area (Å²) in [7, 11) is 0. The quantitative estimate of drug-likeness (QED) is 0.567. The number of nitrogens with one attached hydrogen (secondary N) is 1. The molecule has 1 aromatic heterocycles. The van der Waals surface area contributed by atoms with Crippen LogP contribution in [-0.4, -0.2) is 22.2 Å². The highest BCUT2D eigenvalue weighted by atomic mass is 35.5. The van der Waals surface area contributed by atoms with Gasteiger partial charge >= 0.3 is 6.18 Å². The van der Waals surface area contributed by atoms with Gasteiger partial charge in [0, 0.05) is 17.0 Å². The molecule has 0 aliphatic carbocycles. The van der Waals surface area contributed by atoms with Crippen molar-refractivity contribution in [1.29, 1.82) is 0 Å². The Morgan fingerprint density at radius 1 is 1.13 bits per heavy atom. The molecule has 0 unspecified atom stereocenters. The molecule has 0 radical (unpaired) electrons. The molecule has 166 valence electrons. The highest BCUT2D eigenvalue weighted by molar-refractivity contribution is 6.35. The number of carbonyl (C=O) groups excluding carboxylic acids is 1. The third-order valence-electron chi connectivity index (χ3n) is 4.71. The van der Waals surface area contributed by atoms with Crippen LogP contribution in [0.2, 0.25) is 5.02 Å². The fraction of sp³-hybridized carbons (Fsp3) is 0.273. The molecule has 0 aliphatic heterocycles. The average Bonchev–Trinajstić information content (AvgIpc) is 2.69. The first kappa shape index (κ1) is 24.4. The van der Waals surface area contributed by atoms with Crippen LogP contribution < -0.4 is 10.9 Å². The van der Waals surface area contributed by atoms with Crippen molar-refractivity contribution < 1.29 is 23.1 Å². The van der Waals surface area contributed by atoms with Crippen molar-refractivity contribution in [3.63, 3.8) is 0 Å². The molecule has 1 amide bonds. The minimum absolute atomic E-state index is 0. The normalized spacial score (nSPS) is 12.3. The van der Waals surface area contributed by atoms with Gasteiger partial charge in [0.05, 0.1) is 35.3 Å². The fourth-order valence-corrected chi connectivity index (χ4v) is 3.27. The van der Waals surface area contributed by atoms with Gasteiger partial charge in [-0.25, -0.2) is 0 Å². The van der Waals surface area contributed by atoms with Crippen LogP contribution >= 0.6 is 11.6 Å². The molecular weight excluding hydrogens is 433 g/mol. The number of amides is 1. The Hall–Kier alpha value is -2.84. The van der Waals surface area contributed by atoms with Crippen LogP contribution in [0.5, 0.6) is 0 Å². The summed E-state index contributed by atoms with van der Waals surface area (Å²) in [5, 5.41) is 12.9. The lowest BCUT2D eigenvalue weighted by Gasteiger charge is -2.15. The smallest absolute Gasteiger partial charge is 0.394 e. The highest BCUT2D eigenvalue weighted by Crippen LogP contribution is 2.31. The number of aromatic nitrogens is 1. The summed E-state index contributed by atoms with van der Waals surface area (Å²) in [6.07, 6.45) is -3.10. The number of benzene rings is 2. The number of alkyl halides is 3. The first-order valence-electron chi connectivity index (χ1n) is 9.02. The third-order valence-corrected chi connectivity index (χ3v) is 5.03. The Balaban J connectivity index is 0.00000341. The molecule has 5 nitrogen and oxygen atoms in total. The van der Waals surface area contributed by atoms with Crippen LogP contribution in [0, 0.1) is 0 Å². The molecule has 0 spiro atoms. The van der Waals surface area contributed by atoms with Crippen molar-refractivity contribution in [1.82, 2.24) is 4.57 Å². The van der Waals surface area contributed by atoms with Crippen molar-refractivity contribution in [2.45, 2.75) is 33.0 Å². The number of rotatable bonds is 5. The predicted molar refractivity (Wildman–Crippen MR) is 116 cm³/mol. The second-order valence-electron chi connectivity index (χ2n) is 6.86. The van der Waals surface area contributed by atoms with Gasteiger partial charge in [-0.15, -0.1) is 0 Å². The van der Waals surface area contributed by atoms with E-state index in [-0.39, 0.29) is 36.7 Å². The van der Waals surface area contributed by atoms with Gasteiger partial charge in [-0.1, -0.05) is 31.2 Å². The van der Waals surface area contributed by atoms with Gasteiger partial charge in [0.15, 0.2) is 0 Å². The lowest BCUT2D eigenvalue weighted by atomic mass is 10.1. The number of pyridine rings is 1. The largest absolute Gasteiger partial charge is 0.416 e. The van der Waals surface area contributed by atoms with Crippen molar-refractivity contribution in [2.75, 3.05) is 11.9 Å². The molecule has 0 bridgehead atoms. The summed E-state index contributed by atoms with van der Waals surface area (Å²) >= 11 is 6.21. The molecule has 0 saturated heterocycles. The zero-order valence-corrected chi connectivity index (χ0v) is 16.6. The minimum Gasteiger partial charge on any atom is -0.394 e.